The molecule has 0 unspecified atom stereocenters. The van der Waals surface area contributed by atoms with Gasteiger partial charge in [0.25, 0.3) is 0 Å². The lowest BCUT2D eigenvalue weighted by Crippen LogP contribution is -2.09. The molecule has 0 spiro atoms. The molecular formula is C8H6Cl2N2O3. The highest BCUT2D eigenvalue weighted by Gasteiger charge is 2.14. The first-order valence-electron chi connectivity index (χ1n) is 3.78. The van der Waals surface area contributed by atoms with Gasteiger partial charge in [-0.1, -0.05) is 23.2 Å². The van der Waals surface area contributed by atoms with Gasteiger partial charge in [0.1, 0.15) is 0 Å². The number of nitrogens with zero attached hydrogens (tertiary/aromatic N) is 1. The maximum Gasteiger partial charge on any atom is 0.354 e. The Morgan fingerprint density at radius 1 is 1.47 bits per heavy atom. The fourth-order valence-electron chi connectivity index (χ4n) is 0.882. The lowest BCUT2D eigenvalue weighted by Gasteiger charge is -2.07. The van der Waals surface area contributed by atoms with Crippen molar-refractivity contribution in [2.24, 2.45) is 0 Å². The van der Waals surface area contributed by atoms with E-state index >= 15 is 0 Å². The predicted molar refractivity (Wildman–Crippen MR) is 55.5 cm³/mol. The lowest BCUT2D eigenvalue weighted by atomic mass is 10.3. The number of rotatable bonds is 2. The minimum absolute atomic E-state index is 0.0302. The molecule has 0 aliphatic heterocycles. The van der Waals surface area contributed by atoms with Gasteiger partial charge in [-0.2, -0.15) is 0 Å². The van der Waals surface area contributed by atoms with E-state index in [1.165, 1.54) is 6.92 Å². The molecule has 15 heavy (non-hydrogen) atoms. The summed E-state index contributed by atoms with van der Waals surface area (Å²) in [5, 5.41) is 10.9. The molecular weight excluding hydrogens is 243 g/mol. The maximum atomic E-state index is 10.8. The topological polar surface area (TPSA) is 79.3 Å². The van der Waals surface area contributed by atoms with Crippen LogP contribution in [0.4, 0.5) is 5.69 Å². The molecule has 5 nitrogen and oxygen atoms in total. The Hall–Kier alpha value is -1.33. The molecule has 0 saturated carbocycles. The molecule has 1 rings (SSSR count). The summed E-state index contributed by atoms with van der Waals surface area (Å²) in [7, 11) is 0. The van der Waals surface area contributed by atoms with Crippen molar-refractivity contribution in [1.82, 2.24) is 4.98 Å². The van der Waals surface area contributed by atoms with Crippen LogP contribution < -0.4 is 5.32 Å². The zero-order chi connectivity index (χ0) is 11.6. The molecule has 0 radical (unpaired) electrons. The van der Waals surface area contributed by atoms with Crippen molar-refractivity contribution in [3.63, 3.8) is 0 Å². The molecule has 2 N–H and O–H groups in total. The van der Waals surface area contributed by atoms with Crippen LogP contribution in [0.25, 0.3) is 0 Å². The smallest absolute Gasteiger partial charge is 0.354 e. The summed E-state index contributed by atoms with van der Waals surface area (Å²) in [5.41, 5.74) is -0.171. The minimum Gasteiger partial charge on any atom is -0.477 e. The molecule has 7 heteroatoms. The molecule has 0 bridgehead atoms. The van der Waals surface area contributed by atoms with Crippen molar-refractivity contribution in [3.8, 4) is 0 Å². The maximum absolute atomic E-state index is 10.8. The number of aromatic carboxylic acids is 1. The van der Waals surface area contributed by atoms with E-state index in [0.29, 0.717) is 0 Å². The summed E-state index contributed by atoms with van der Waals surface area (Å²) >= 11 is 11.4. The Kier molecular flexibility index (Phi) is 3.49. The Balaban J connectivity index is 3.21. The number of halogens is 2. The fourth-order valence-corrected chi connectivity index (χ4v) is 1.41. The van der Waals surface area contributed by atoms with Crippen LogP contribution in [-0.2, 0) is 4.79 Å². The number of hydrogen-bond acceptors (Lipinski definition) is 3. The summed E-state index contributed by atoms with van der Waals surface area (Å²) < 4.78 is 0. The number of nitrogens with one attached hydrogen (secondary N) is 1. The zero-order valence-electron chi connectivity index (χ0n) is 7.54. The molecule has 1 amide bonds. The van der Waals surface area contributed by atoms with E-state index in [4.69, 9.17) is 28.3 Å². The van der Waals surface area contributed by atoms with Crippen molar-refractivity contribution in [1.29, 1.82) is 0 Å². The molecule has 0 saturated heterocycles. The van der Waals surface area contributed by atoms with Crippen LogP contribution >= 0.6 is 23.2 Å². The van der Waals surface area contributed by atoms with Crippen molar-refractivity contribution in [2.45, 2.75) is 6.92 Å². The summed E-state index contributed by atoms with van der Waals surface area (Å²) in [6, 6.07) is 1.11. The average molecular weight is 249 g/mol. The molecule has 0 fully saturated rings. The third kappa shape index (κ3) is 2.81. The van der Waals surface area contributed by atoms with Gasteiger partial charge in [0.05, 0.1) is 10.7 Å². The number of carboxylic acid groups (broad SMARTS) is 1. The number of pyridine rings is 1. The highest BCUT2D eigenvalue weighted by Crippen LogP contribution is 2.29. The third-order valence-corrected chi connectivity index (χ3v) is 2.02. The Morgan fingerprint density at radius 2 is 2.07 bits per heavy atom. The van der Waals surface area contributed by atoms with Gasteiger partial charge in [-0.25, -0.2) is 9.78 Å². The SMILES string of the molecule is CC(=O)Nc1c(Cl)cc(C(=O)O)nc1Cl. The van der Waals surface area contributed by atoms with Crippen LogP contribution in [0.2, 0.25) is 10.2 Å². The number of aromatic nitrogens is 1. The van der Waals surface area contributed by atoms with E-state index in [2.05, 4.69) is 10.3 Å². The number of carbonyl (C=O) groups excluding carboxylic acids is 1. The summed E-state index contributed by atoms with van der Waals surface area (Å²) in [4.78, 5) is 24.9. The second-order valence-corrected chi connectivity index (χ2v) is 3.41. The van der Waals surface area contributed by atoms with Gasteiger partial charge in [0.15, 0.2) is 10.8 Å². The van der Waals surface area contributed by atoms with Crippen LogP contribution in [-0.4, -0.2) is 22.0 Å². The highest BCUT2D eigenvalue weighted by molar-refractivity contribution is 6.39. The van der Waals surface area contributed by atoms with Crippen molar-refractivity contribution in [2.75, 3.05) is 5.32 Å². The molecule has 0 aromatic carbocycles. The van der Waals surface area contributed by atoms with Crippen LogP contribution in [0.15, 0.2) is 6.07 Å². The number of carbonyl (C=O) groups is 2. The van der Waals surface area contributed by atoms with Gasteiger partial charge >= 0.3 is 5.97 Å². The zero-order valence-corrected chi connectivity index (χ0v) is 9.06. The third-order valence-electron chi connectivity index (χ3n) is 1.45. The first kappa shape index (κ1) is 11.7. The molecule has 0 aliphatic rings. The second-order valence-electron chi connectivity index (χ2n) is 2.64. The number of amides is 1. The Morgan fingerprint density at radius 3 is 2.47 bits per heavy atom. The van der Waals surface area contributed by atoms with Crippen LogP contribution in [0.3, 0.4) is 0 Å². The monoisotopic (exact) mass is 248 g/mol. The predicted octanol–water partition coefficient (Wildman–Crippen LogP) is 2.04. The number of hydrogen-bond donors (Lipinski definition) is 2. The van der Waals surface area contributed by atoms with Crippen molar-refractivity contribution >= 4 is 40.8 Å². The molecule has 1 aromatic heterocycles. The fraction of sp³-hybridized carbons (Fsp3) is 0.125. The molecule has 0 atom stereocenters. The van der Waals surface area contributed by atoms with E-state index in [1.54, 1.807) is 0 Å². The van der Waals surface area contributed by atoms with Gasteiger partial charge in [0.2, 0.25) is 5.91 Å². The lowest BCUT2D eigenvalue weighted by molar-refractivity contribution is -0.114. The largest absolute Gasteiger partial charge is 0.477 e. The van der Waals surface area contributed by atoms with E-state index in [1.807, 2.05) is 0 Å². The van der Waals surface area contributed by atoms with Crippen LogP contribution in [0.5, 0.6) is 0 Å². The van der Waals surface area contributed by atoms with E-state index < -0.39 is 5.97 Å². The van der Waals surface area contributed by atoms with Crippen molar-refractivity contribution < 1.29 is 14.7 Å². The second kappa shape index (κ2) is 4.46. The molecule has 1 heterocycles. The van der Waals surface area contributed by atoms with Crippen LogP contribution in [0, 0.1) is 0 Å². The summed E-state index contributed by atoms with van der Waals surface area (Å²) in [6.45, 7) is 1.28. The Bertz CT molecular complexity index is 411. The van der Waals surface area contributed by atoms with Crippen molar-refractivity contribution in [3.05, 3.63) is 21.9 Å². The summed E-state index contributed by atoms with van der Waals surface area (Å²) in [5.74, 6) is -1.61. The molecule has 80 valence electrons. The normalized spacial score (nSPS) is 9.80. The average Bonchev–Trinajstić information content (AvgIpc) is 2.10. The summed E-state index contributed by atoms with van der Waals surface area (Å²) in [6.07, 6.45) is 0. The number of carboxylic acids is 1. The van der Waals surface area contributed by atoms with Gasteiger partial charge in [-0.15, -0.1) is 0 Å². The first-order chi connectivity index (χ1) is 6.91. The molecule has 0 aliphatic carbocycles. The first-order valence-corrected chi connectivity index (χ1v) is 4.54. The van der Waals surface area contributed by atoms with E-state index in [0.717, 1.165) is 6.07 Å². The quantitative estimate of drug-likeness (QED) is 0.786. The standard InChI is InChI=1S/C8H6Cl2N2O3/c1-3(13)11-6-4(9)2-5(8(14)15)12-7(6)10/h2H,1H3,(H,11,13)(H,14,15). The van der Waals surface area contributed by atoms with Gasteiger partial charge in [0, 0.05) is 6.92 Å². The number of anilines is 1. The highest BCUT2D eigenvalue weighted by atomic mass is 35.5. The van der Waals surface area contributed by atoms with Crippen LogP contribution in [0.1, 0.15) is 17.4 Å². The van der Waals surface area contributed by atoms with E-state index in [9.17, 15) is 9.59 Å². The Labute approximate surface area is 95.0 Å². The van der Waals surface area contributed by atoms with Gasteiger partial charge < -0.3 is 10.4 Å². The minimum atomic E-state index is -1.24. The van der Waals surface area contributed by atoms with E-state index in [-0.39, 0.29) is 27.5 Å². The molecule has 1 aromatic rings. The van der Waals surface area contributed by atoms with Gasteiger partial charge in [-0.3, -0.25) is 4.79 Å². The van der Waals surface area contributed by atoms with Gasteiger partial charge in [-0.05, 0) is 6.07 Å².